The zero-order valence-corrected chi connectivity index (χ0v) is 15.9. The van der Waals surface area contributed by atoms with Gasteiger partial charge in [0, 0.05) is 10.0 Å². The summed E-state index contributed by atoms with van der Waals surface area (Å²) < 4.78 is 3.61. The highest BCUT2D eigenvalue weighted by molar-refractivity contribution is 9.10. The van der Waals surface area contributed by atoms with E-state index >= 15 is 0 Å². The van der Waals surface area contributed by atoms with Crippen LogP contribution in [-0.4, -0.2) is 20.6 Å². The number of hydrogen-bond acceptors (Lipinski definition) is 4. The molecule has 7 heteroatoms. The average molecular weight is 429 g/mol. The van der Waals surface area contributed by atoms with E-state index in [1.54, 1.807) is 10.6 Å². The van der Waals surface area contributed by atoms with Crippen LogP contribution < -0.4 is 5.56 Å². The molecule has 4 rings (SSSR count). The number of carboxylic acid groups (broad SMARTS) is 1. The van der Waals surface area contributed by atoms with Gasteiger partial charge in [-0.2, -0.15) is 0 Å². The molecule has 0 aliphatic heterocycles. The summed E-state index contributed by atoms with van der Waals surface area (Å²) in [5.74, 6) is -1.02. The van der Waals surface area contributed by atoms with Crippen LogP contribution >= 0.6 is 27.3 Å². The zero-order valence-electron chi connectivity index (χ0n) is 13.5. The number of carboxylic acids is 1. The van der Waals surface area contributed by atoms with Crippen molar-refractivity contribution in [2.45, 2.75) is 13.0 Å². The summed E-state index contributed by atoms with van der Waals surface area (Å²) in [4.78, 5) is 28.6. The number of para-hydroxylation sites is 1. The minimum Gasteiger partial charge on any atom is -0.481 e. The molecule has 0 aliphatic carbocycles. The highest BCUT2D eigenvalue weighted by atomic mass is 79.9. The summed E-state index contributed by atoms with van der Waals surface area (Å²) in [6.45, 7) is 0.309. The molecule has 0 fully saturated rings. The largest absolute Gasteiger partial charge is 0.481 e. The summed E-state index contributed by atoms with van der Waals surface area (Å²) in [7, 11) is 0. The van der Waals surface area contributed by atoms with E-state index in [4.69, 9.17) is 5.11 Å². The first-order valence-corrected chi connectivity index (χ1v) is 9.50. The molecule has 0 bridgehead atoms. The van der Waals surface area contributed by atoms with Crippen molar-refractivity contribution in [3.05, 3.63) is 73.9 Å². The van der Waals surface area contributed by atoms with Crippen LogP contribution in [-0.2, 0) is 17.8 Å². The first-order valence-electron chi connectivity index (χ1n) is 7.89. The number of carbonyl (C=O) groups is 1. The lowest BCUT2D eigenvalue weighted by Crippen LogP contribution is -2.26. The second-order valence-corrected chi connectivity index (χ2v) is 7.94. The lowest BCUT2D eigenvalue weighted by Gasteiger charge is -2.11. The van der Waals surface area contributed by atoms with Crippen LogP contribution in [0.1, 0.15) is 10.6 Å². The minimum atomic E-state index is -1.02. The first kappa shape index (κ1) is 16.9. The summed E-state index contributed by atoms with van der Waals surface area (Å²) in [6.07, 6.45) is -0.295. The van der Waals surface area contributed by atoms with E-state index in [0.29, 0.717) is 6.54 Å². The Labute approximate surface area is 160 Å². The Morgan fingerprint density at radius 1 is 1.19 bits per heavy atom. The molecule has 2 aromatic carbocycles. The van der Waals surface area contributed by atoms with E-state index < -0.39 is 5.97 Å². The van der Waals surface area contributed by atoms with Crippen molar-refractivity contribution in [2.75, 3.05) is 0 Å². The fraction of sp³-hybridized carbons (Fsp3) is 0.105. The fourth-order valence-corrected chi connectivity index (χ4v) is 4.27. The molecule has 0 saturated heterocycles. The highest BCUT2D eigenvalue weighted by Crippen LogP contribution is 2.26. The molecule has 0 aliphatic rings. The van der Waals surface area contributed by atoms with Gasteiger partial charge in [-0.25, -0.2) is 4.98 Å². The van der Waals surface area contributed by atoms with Crippen molar-refractivity contribution in [1.29, 1.82) is 0 Å². The van der Waals surface area contributed by atoms with Gasteiger partial charge in [-0.3, -0.25) is 9.59 Å². The van der Waals surface area contributed by atoms with Gasteiger partial charge in [0.15, 0.2) is 0 Å². The monoisotopic (exact) mass is 428 g/mol. The Kier molecular flexibility index (Phi) is 4.34. The van der Waals surface area contributed by atoms with Crippen molar-refractivity contribution in [3.8, 4) is 0 Å². The highest BCUT2D eigenvalue weighted by Gasteiger charge is 2.14. The number of thiazole rings is 1. The van der Waals surface area contributed by atoms with E-state index in [9.17, 15) is 9.59 Å². The number of aliphatic carboxylic acids is 1. The molecule has 0 saturated carbocycles. The number of halogens is 1. The maximum Gasteiger partial charge on any atom is 0.308 e. The van der Waals surface area contributed by atoms with E-state index in [1.807, 2.05) is 42.5 Å². The number of nitrogens with zero attached hydrogens (tertiary/aromatic N) is 2. The molecule has 0 radical (unpaired) electrons. The van der Waals surface area contributed by atoms with Gasteiger partial charge < -0.3 is 9.67 Å². The molecule has 130 valence electrons. The van der Waals surface area contributed by atoms with Gasteiger partial charge in [0.2, 0.25) is 0 Å². The lowest BCUT2D eigenvalue weighted by molar-refractivity contribution is -0.136. The summed E-state index contributed by atoms with van der Waals surface area (Å²) in [6, 6.07) is 15.0. The number of fused-ring (bicyclic) bond motifs is 2. The average Bonchev–Trinajstić information content (AvgIpc) is 2.99. The van der Waals surface area contributed by atoms with Gasteiger partial charge in [-0.1, -0.05) is 34.1 Å². The van der Waals surface area contributed by atoms with E-state index in [2.05, 4.69) is 20.9 Å². The Morgan fingerprint density at radius 3 is 2.81 bits per heavy atom. The summed E-state index contributed by atoms with van der Waals surface area (Å²) in [5, 5.41) is 10.7. The number of pyridine rings is 1. The normalized spacial score (nSPS) is 11.3. The van der Waals surface area contributed by atoms with Crippen LogP contribution in [0.3, 0.4) is 0 Å². The second kappa shape index (κ2) is 6.66. The quantitative estimate of drug-likeness (QED) is 0.532. The molecule has 0 atom stereocenters. The molecule has 2 heterocycles. The maximum absolute atomic E-state index is 12.9. The maximum atomic E-state index is 12.9. The Morgan fingerprint density at radius 2 is 2.00 bits per heavy atom. The van der Waals surface area contributed by atoms with Gasteiger partial charge in [0.1, 0.15) is 5.01 Å². The van der Waals surface area contributed by atoms with Crippen LogP contribution in [0.4, 0.5) is 0 Å². The molecule has 0 amide bonds. The van der Waals surface area contributed by atoms with Gasteiger partial charge in [-0.15, -0.1) is 11.3 Å². The Bertz CT molecular complexity index is 1210. The molecule has 26 heavy (non-hydrogen) atoms. The molecule has 2 aromatic heterocycles. The molecule has 4 aromatic rings. The molecule has 5 nitrogen and oxygen atoms in total. The van der Waals surface area contributed by atoms with Gasteiger partial charge in [0.05, 0.1) is 28.7 Å². The number of aromatic nitrogens is 2. The van der Waals surface area contributed by atoms with Crippen LogP contribution in [0.2, 0.25) is 0 Å². The van der Waals surface area contributed by atoms with Crippen molar-refractivity contribution < 1.29 is 9.90 Å². The van der Waals surface area contributed by atoms with Crippen LogP contribution in [0.25, 0.3) is 21.1 Å². The number of rotatable bonds is 4. The molecule has 1 N–H and O–H groups in total. The van der Waals surface area contributed by atoms with Crippen molar-refractivity contribution in [2.24, 2.45) is 0 Å². The first-order chi connectivity index (χ1) is 12.5. The fourth-order valence-electron chi connectivity index (χ4n) is 2.99. The predicted molar refractivity (Wildman–Crippen MR) is 106 cm³/mol. The van der Waals surface area contributed by atoms with Crippen LogP contribution in [0, 0.1) is 0 Å². The van der Waals surface area contributed by atoms with Crippen molar-refractivity contribution >= 4 is 54.4 Å². The van der Waals surface area contributed by atoms with Gasteiger partial charge in [0.25, 0.3) is 5.56 Å². The molecule has 0 spiro atoms. The number of benzene rings is 2. The third kappa shape index (κ3) is 3.15. The van der Waals surface area contributed by atoms with E-state index in [0.717, 1.165) is 30.6 Å². The molecular weight excluding hydrogens is 416 g/mol. The van der Waals surface area contributed by atoms with Crippen molar-refractivity contribution in [3.63, 3.8) is 0 Å². The van der Waals surface area contributed by atoms with Gasteiger partial charge >= 0.3 is 5.97 Å². The topological polar surface area (TPSA) is 72.2 Å². The van der Waals surface area contributed by atoms with Crippen LogP contribution in [0.15, 0.2) is 57.8 Å². The smallest absolute Gasteiger partial charge is 0.308 e. The third-order valence-electron chi connectivity index (χ3n) is 4.11. The SMILES string of the molecule is O=C(O)Cc1cc2ccccc2n(Cc2nc3cc(Br)ccc3s2)c1=O. The number of hydrogen-bond donors (Lipinski definition) is 1. The van der Waals surface area contributed by atoms with Gasteiger partial charge in [-0.05, 0) is 35.7 Å². The van der Waals surface area contributed by atoms with E-state index in [1.165, 1.54) is 11.3 Å². The lowest BCUT2D eigenvalue weighted by atomic mass is 10.1. The predicted octanol–water partition coefficient (Wildman–Crippen LogP) is 4.05. The Hall–Kier alpha value is -2.51. The Balaban J connectivity index is 1.87. The minimum absolute atomic E-state index is 0.278. The zero-order chi connectivity index (χ0) is 18.3. The van der Waals surface area contributed by atoms with E-state index in [-0.39, 0.29) is 17.5 Å². The summed E-state index contributed by atoms with van der Waals surface area (Å²) in [5.41, 5.74) is 1.64. The molecule has 0 unspecified atom stereocenters. The van der Waals surface area contributed by atoms with Crippen molar-refractivity contribution in [1.82, 2.24) is 9.55 Å². The van der Waals surface area contributed by atoms with Crippen LogP contribution in [0.5, 0.6) is 0 Å². The summed E-state index contributed by atoms with van der Waals surface area (Å²) >= 11 is 4.97. The standard InChI is InChI=1S/C19H13BrN2O3S/c20-13-5-6-16-14(9-13)21-17(26-16)10-22-15-4-2-1-3-11(15)7-12(19(22)25)8-18(23)24/h1-7,9H,8,10H2,(H,23,24). The third-order valence-corrected chi connectivity index (χ3v) is 5.62. The second-order valence-electron chi connectivity index (χ2n) is 5.91. The molecular formula is C19H13BrN2O3S.